The predicted octanol–water partition coefficient (Wildman–Crippen LogP) is 2.16. The van der Waals surface area contributed by atoms with Crippen molar-refractivity contribution in [1.29, 1.82) is 0 Å². The number of ether oxygens (including phenoxy) is 1. The number of carbonyl (C=O) groups is 1. The Morgan fingerprint density at radius 3 is 3.20 bits per heavy atom. The smallest absolute Gasteiger partial charge is 0.172 e. The molecule has 1 heterocycles. The molecular weight excluding hydrogens is 265 g/mol. The number of benzene rings is 1. The van der Waals surface area contributed by atoms with Crippen molar-refractivity contribution >= 4 is 5.78 Å². The quantitative estimate of drug-likeness (QED) is 0.775. The third-order valence-corrected chi connectivity index (χ3v) is 2.56. The Kier molecular flexibility index (Phi) is 4.94. The summed E-state index contributed by atoms with van der Waals surface area (Å²) in [5.74, 6) is 1.05. The third kappa shape index (κ3) is 2.88. The number of ketones is 1. The minimum absolute atomic E-state index is 0. The maximum absolute atomic E-state index is 11.4. The number of rotatable bonds is 2. The van der Waals surface area contributed by atoms with E-state index in [0.717, 1.165) is 24.2 Å². The average Bonchev–Trinajstić information content (AvgIpc) is 2.27. The van der Waals surface area contributed by atoms with E-state index in [1.807, 2.05) is 25.1 Å². The second kappa shape index (κ2) is 5.76. The van der Waals surface area contributed by atoms with Crippen molar-refractivity contribution in [3.63, 3.8) is 0 Å². The topological polar surface area (TPSA) is 26.3 Å². The summed E-state index contributed by atoms with van der Waals surface area (Å²) in [5, 5.41) is 0. The van der Waals surface area contributed by atoms with Crippen LogP contribution in [0.15, 0.2) is 18.2 Å². The van der Waals surface area contributed by atoms with Crippen molar-refractivity contribution in [3.8, 4) is 5.75 Å². The molecule has 0 fully saturated rings. The molecule has 0 bridgehead atoms. The molecule has 1 aliphatic rings. The largest absolute Gasteiger partial charge is 0.508 e. The first-order valence-corrected chi connectivity index (χ1v) is 4.99. The van der Waals surface area contributed by atoms with Crippen LogP contribution in [0, 0.1) is 6.07 Å². The van der Waals surface area contributed by atoms with Crippen molar-refractivity contribution in [2.75, 3.05) is 0 Å². The first-order valence-electron chi connectivity index (χ1n) is 4.99. The van der Waals surface area contributed by atoms with Gasteiger partial charge in [-0.15, -0.1) is 11.6 Å². The van der Waals surface area contributed by atoms with Crippen LogP contribution >= 0.6 is 0 Å². The van der Waals surface area contributed by atoms with E-state index >= 15 is 0 Å². The van der Waals surface area contributed by atoms with Crippen LogP contribution < -0.4 is 4.74 Å². The molecule has 0 saturated heterocycles. The maximum atomic E-state index is 11.4. The Balaban J connectivity index is 0.00000112. The summed E-state index contributed by atoms with van der Waals surface area (Å²) >= 11 is 0. The van der Waals surface area contributed by atoms with Gasteiger partial charge in [-0.3, -0.25) is 4.79 Å². The molecule has 2 rings (SSSR count). The first-order chi connectivity index (χ1) is 6.81. The molecule has 0 aromatic heterocycles. The fourth-order valence-corrected chi connectivity index (χ4v) is 1.71. The van der Waals surface area contributed by atoms with Crippen LogP contribution in [-0.4, -0.2) is 11.9 Å². The zero-order valence-electron chi connectivity index (χ0n) is 8.82. The van der Waals surface area contributed by atoms with E-state index in [1.54, 1.807) is 0 Å². The molecule has 2 nitrogen and oxygen atoms in total. The minimum atomic E-state index is -0.227. The van der Waals surface area contributed by atoms with E-state index in [1.165, 1.54) is 0 Å². The molecule has 0 spiro atoms. The van der Waals surface area contributed by atoms with Crippen molar-refractivity contribution in [3.05, 3.63) is 29.8 Å². The Morgan fingerprint density at radius 2 is 2.47 bits per heavy atom. The summed E-state index contributed by atoms with van der Waals surface area (Å²) in [7, 11) is 0. The monoisotopic (exact) mass is 278 g/mol. The fraction of sp³-hybridized carbons (Fsp3) is 0.417. The van der Waals surface area contributed by atoms with Crippen molar-refractivity contribution in [2.45, 2.75) is 32.3 Å². The minimum Gasteiger partial charge on any atom is -0.508 e. The predicted molar refractivity (Wildman–Crippen MR) is 53.3 cm³/mol. The summed E-state index contributed by atoms with van der Waals surface area (Å²) in [5.41, 5.74) is 1.16. The van der Waals surface area contributed by atoms with Gasteiger partial charge in [-0.2, -0.15) is 18.2 Å². The van der Waals surface area contributed by atoms with Gasteiger partial charge in [0, 0.05) is 44.9 Å². The molecule has 77 valence electrons. The van der Waals surface area contributed by atoms with Crippen LogP contribution in [-0.2, 0) is 43.9 Å². The van der Waals surface area contributed by atoms with Gasteiger partial charge in [-0.25, -0.2) is 0 Å². The van der Waals surface area contributed by atoms with Gasteiger partial charge in [0.05, 0.1) is 0 Å². The summed E-state index contributed by atoms with van der Waals surface area (Å²) in [4.78, 5) is 11.4. The van der Waals surface area contributed by atoms with Crippen LogP contribution in [0.3, 0.4) is 0 Å². The van der Waals surface area contributed by atoms with Crippen LogP contribution in [0.2, 0.25) is 0 Å². The first kappa shape index (κ1) is 12.9. The molecule has 15 heavy (non-hydrogen) atoms. The average molecular weight is 278 g/mol. The molecule has 1 atom stereocenters. The van der Waals surface area contributed by atoms with E-state index in [4.69, 9.17) is 4.74 Å². The SMILES string of the molecule is CCC(=O)C1CCc2c[c-]ccc2O1.[Y]. The zero-order chi connectivity index (χ0) is 9.97. The molecule has 0 aliphatic carbocycles. The second-order valence-electron chi connectivity index (χ2n) is 3.50. The van der Waals surface area contributed by atoms with Gasteiger partial charge in [0.1, 0.15) is 0 Å². The molecule has 1 aliphatic heterocycles. The van der Waals surface area contributed by atoms with Gasteiger partial charge in [0.25, 0.3) is 0 Å². The van der Waals surface area contributed by atoms with Crippen LogP contribution in [0.25, 0.3) is 0 Å². The van der Waals surface area contributed by atoms with Gasteiger partial charge in [0.2, 0.25) is 0 Å². The number of carbonyl (C=O) groups excluding carboxylic acids is 1. The van der Waals surface area contributed by atoms with E-state index in [0.29, 0.717) is 6.42 Å². The van der Waals surface area contributed by atoms with Crippen LogP contribution in [0.4, 0.5) is 0 Å². The molecule has 0 saturated carbocycles. The number of aryl methyl sites for hydroxylation is 1. The summed E-state index contributed by atoms with van der Waals surface area (Å²) in [6.07, 6.45) is 2.05. The Labute approximate surface area is 115 Å². The normalized spacial score (nSPS) is 18.3. The fourth-order valence-electron chi connectivity index (χ4n) is 1.71. The summed E-state index contributed by atoms with van der Waals surface area (Å²) in [6.45, 7) is 1.87. The standard InChI is InChI=1S/C12H13O2.Y/c1-2-10(13)12-8-7-9-5-3-4-6-11(9)14-12;/h4-6,12H,2,7-8H2,1H3;/q-1;. The maximum Gasteiger partial charge on any atom is 0.172 e. The van der Waals surface area contributed by atoms with E-state index in [9.17, 15) is 4.79 Å². The zero-order valence-corrected chi connectivity index (χ0v) is 11.7. The Hall–Kier alpha value is -0.206. The Bertz CT molecular complexity index is 349. The molecule has 1 aromatic rings. The van der Waals surface area contributed by atoms with Gasteiger partial charge >= 0.3 is 0 Å². The molecule has 0 N–H and O–H groups in total. The number of fused-ring (bicyclic) bond motifs is 1. The van der Waals surface area contributed by atoms with Gasteiger partial charge in [-0.1, -0.05) is 13.3 Å². The summed E-state index contributed by atoms with van der Waals surface area (Å²) < 4.78 is 5.62. The van der Waals surface area contributed by atoms with Gasteiger partial charge in [0.15, 0.2) is 11.9 Å². The Morgan fingerprint density at radius 1 is 1.67 bits per heavy atom. The molecular formula is C12H13O2Y-. The molecule has 1 unspecified atom stereocenters. The molecule has 3 heteroatoms. The van der Waals surface area contributed by atoms with Crippen molar-refractivity contribution < 1.29 is 42.2 Å². The van der Waals surface area contributed by atoms with E-state index < -0.39 is 0 Å². The molecule has 1 aromatic carbocycles. The van der Waals surface area contributed by atoms with E-state index in [-0.39, 0.29) is 44.6 Å². The molecule has 1 radical (unpaired) electrons. The van der Waals surface area contributed by atoms with E-state index in [2.05, 4.69) is 6.07 Å². The van der Waals surface area contributed by atoms with Crippen molar-refractivity contribution in [2.24, 2.45) is 0 Å². The number of hydrogen-bond acceptors (Lipinski definition) is 2. The van der Waals surface area contributed by atoms with Gasteiger partial charge in [-0.05, 0) is 6.42 Å². The second-order valence-corrected chi connectivity index (χ2v) is 3.50. The number of Topliss-reactive ketones (excluding diaryl/α,β-unsaturated/α-hetero) is 1. The van der Waals surface area contributed by atoms with Gasteiger partial charge < -0.3 is 4.74 Å². The van der Waals surface area contributed by atoms with Crippen molar-refractivity contribution in [1.82, 2.24) is 0 Å². The van der Waals surface area contributed by atoms with Crippen LogP contribution in [0.5, 0.6) is 5.75 Å². The third-order valence-electron chi connectivity index (χ3n) is 2.56. The molecule has 0 amide bonds. The summed E-state index contributed by atoms with van der Waals surface area (Å²) in [6, 6.07) is 8.64. The number of hydrogen-bond donors (Lipinski definition) is 0. The van der Waals surface area contributed by atoms with Crippen LogP contribution in [0.1, 0.15) is 25.3 Å².